The highest BCUT2D eigenvalue weighted by Crippen LogP contribution is 1.91. The predicted octanol–water partition coefficient (Wildman–Crippen LogP) is -1.95. The molecule has 0 saturated heterocycles. The average Bonchev–Trinajstić information content (AvgIpc) is 1.85. The number of aryl methyl sites for hydroxylation is 1. The zero-order valence-corrected chi connectivity index (χ0v) is 6.02. The summed E-state index contributed by atoms with van der Waals surface area (Å²) >= 11 is 0. The lowest BCUT2D eigenvalue weighted by molar-refractivity contribution is 0.425. The van der Waals surface area contributed by atoms with Crippen molar-refractivity contribution in [1.82, 2.24) is 9.97 Å². The van der Waals surface area contributed by atoms with Crippen LogP contribution in [0.1, 0.15) is 5.69 Å². The Morgan fingerprint density at radius 3 is 2.64 bits per heavy atom. The van der Waals surface area contributed by atoms with E-state index in [4.69, 9.17) is 15.8 Å². The normalized spacial score (nSPS) is 9.73. The summed E-state index contributed by atoms with van der Waals surface area (Å²) in [6.07, 6.45) is 1.29. The number of rotatable bonds is 1. The molecule has 0 unspecified atom stereocenters. The molecule has 1 aromatic heterocycles. The largest absolute Gasteiger partial charge is 0.491 e. The fourth-order valence-electron chi connectivity index (χ4n) is 0.748. The molecule has 0 aliphatic rings. The molecule has 0 bridgehead atoms. The smallest absolute Gasteiger partial charge is 0.423 e. The molecule has 0 aliphatic carbocycles. The predicted molar refractivity (Wildman–Crippen MR) is 41.0 cm³/mol. The van der Waals surface area contributed by atoms with Crippen LogP contribution in [0.3, 0.4) is 0 Å². The standard InChI is InChI=1S/C5H8BN3O2/c1-3-4(6(10)11)2-8-5(7)9-3/h2,10-11H,1H3,(H2,7,8,9). The molecule has 0 spiro atoms. The summed E-state index contributed by atoms with van der Waals surface area (Å²) in [5.74, 6) is 0.131. The van der Waals surface area contributed by atoms with Crippen LogP contribution in [0, 0.1) is 6.92 Å². The summed E-state index contributed by atoms with van der Waals surface area (Å²) in [5, 5.41) is 17.5. The van der Waals surface area contributed by atoms with Crippen LogP contribution in [0.5, 0.6) is 0 Å². The lowest BCUT2D eigenvalue weighted by Gasteiger charge is -2.01. The van der Waals surface area contributed by atoms with E-state index in [2.05, 4.69) is 9.97 Å². The van der Waals surface area contributed by atoms with E-state index < -0.39 is 7.12 Å². The second-order valence-electron chi connectivity index (χ2n) is 2.14. The van der Waals surface area contributed by atoms with Gasteiger partial charge in [-0.2, -0.15) is 0 Å². The van der Waals surface area contributed by atoms with E-state index >= 15 is 0 Å². The number of anilines is 1. The van der Waals surface area contributed by atoms with E-state index in [1.807, 2.05) is 0 Å². The number of hydrogen-bond donors (Lipinski definition) is 3. The molecule has 1 rings (SSSR count). The first-order valence-corrected chi connectivity index (χ1v) is 3.06. The topological polar surface area (TPSA) is 92.3 Å². The zero-order chi connectivity index (χ0) is 8.43. The van der Waals surface area contributed by atoms with Gasteiger partial charge in [-0.05, 0) is 6.92 Å². The SMILES string of the molecule is Cc1nc(N)ncc1B(O)O. The van der Waals surface area contributed by atoms with Crippen molar-refractivity contribution in [2.45, 2.75) is 6.92 Å². The molecule has 6 heteroatoms. The van der Waals surface area contributed by atoms with Crippen molar-refractivity contribution in [3.05, 3.63) is 11.9 Å². The minimum absolute atomic E-state index is 0.131. The fraction of sp³-hybridized carbons (Fsp3) is 0.200. The molecule has 0 aromatic carbocycles. The summed E-state index contributed by atoms with van der Waals surface area (Å²) < 4.78 is 0. The second kappa shape index (κ2) is 2.85. The van der Waals surface area contributed by atoms with Crippen LogP contribution in [-0.2, 0) is 0 Å². The van der Waals surface area contributed by atoms with E-state index in [1.165, 1.54) is 6.20 Å². The summed E-state index contributed by atoms with van der Waals surface area (Å²) in [6, 6.07) is 0. The second-order valence-corrected chi connectivity index (χ2v) is 2.14. The van der Waals surface area contributed by atoms with Crippen molar-refractivity contribution in [3.8, 4) is 0 Å². The number of hydrogen-bond acceptors (Lipinski definition) is 5. The van der Waals surface area contributed by atoms with Gasteiger partial charge in [-0.15, -0.1) is 0 Å². The van der Waals surface area contributed by atoms with Crippen LogP contribution in [0.4, 0.5) is 5.95 Å². The van der Waals surface area contributed by atoms with Gasteiger partial charge < -0.3 is 15.8 Å². The summed E-state index contributed by atoms with van der Waals surface area (Å²) in [7, 11) is -1.53. The van der Waals surface area contributed by atoms with Gasteiger partial charge in [0, 0.05) is 17.4 Å². The van der Waals surface area contributed by atoms with Crippen molar-refractivity contribution in [3.63, 3.8) is 0 Å². The highest BCUT2D eigenvalue weighted by molar-refractivity contribution is 6.58. The van der Waals surface area contributed by atoms with E-state index in [9.17, 15) is 0 Å². The molecule has 0 radical (unpaired) electrons. The average molecular weight is 153 g/mol. The van der Waals surface area contributed by atoms with Crippen molar-refractivity contribution in [1.29, 1.82) is 0 Å². The Kier molecular flexibility index (Phi) is 2.07. The molecule has 1 aromatic rings. The Bertz CT molecular complexity index is 266. The van der Waals surface area contributed by atoms with Gasteiger partial charge in [-0.1, -0.05) is 0 Å². The summed E-state index contributed by atoms with van der Waals surface area (Å²) in [6.45, 7) is 1.63. The van der Waals surface area contributed by atoms with Gasteiger partial charge in [0.2, 0.25) is 5.95 Å². The summed E-state index contributed by atoms with van der Waals surface area (Å²) in [4.78, 5) is 7.35. The fourth-order valence-corrected chi connectivity index (χ4v) is 0.748. The van der Waals surface area contributed by atoms with E-state index in [1.54, 1.807) is 6.92 Å². The van der Waals surface area contributed by atoms with Crippen LogP contribution in [0.2, 0.25) is 0 Å². The highest BCUT2D eigenvalue weighted by atomic mass is 16.4. The molecule has 0 aliphatic heterocycles. The Morgan fingerprint density at radius 1 is 1.55 bits per heavy atom. The third-order valence-corrected chi connectivity index (χ3v) is 1.31. The van der Waals surface area contributed by atoms with Crippen LogP contribution >= 0.6 is 0 Å². The third kappa shape index (κ3) is 1.66. The van der Waals surface area contributed by atoms with Crippen LogP contribution in [0.25, 0.3) is 0 Å². The van der Waals surface area contributed by atoms with Crippen LogP contribution in [0.15, 0.2) is 6.20 Å². The molecule has 0 amide bonds. The molecule has 5 nitrogen and oxygen atoms in total. The number of nitrogens with two attached hydrogens (primary N) is 1. The first-order valence-electron chi connectivity index (χ1n) is 3.06. The highest BCUT2D eigenvalue weighted by Gasteiger charge is 2.14. The van der Waals surface area contributed by atoms with Gasteiger partial charge in [0.05, 0.1) is 0 Å². The molecular formula is C5H8BN3O2. The van der Waals surface area contributed by atoms with Gasteiger partial charge in [-0.25, -0.2) is 9.97 Å². The maximum absolute atomic E-state index is 8.73. The Balaban J connectivity index is 3.09. The van der Waals surface area contributed by atoms with Gasteiger partial charge >= 0.3 is 7.12 Å². The van der Waals surface area contributed by atoms with E-state index in [-0.39, 0.29) is 11.4 Å². The number of aromatic nitrogens is 2. The van der Waals surface area contributed by atoms with Gasteiger partial charge in [0.15, 0.2) is 0 Å². The minimum Gasteiger partial charge on any atom is -0.423 e. The van der Waals surface area contributed by atoms with Crippen molar-refractivity contribution >= 4 is 18.5 Å². The molecule has 0 atom stereocenters. The molecule has 4 N–H and O–H groups in total. The van der Waals surface area contributed by atoms with Gasteiger partial charge in [0.1, 0.15) is 0 Å². The zero-order valence-electron chi connectivity index (χ0n) is 6.02. The maximum Gasteiger partial charge on any atom is 0.491 e. The van der Waals surface area contributed by atoms with Crippen molar-refractivity contribution in [2.75, 3.05) is 5.73 Å². The van der Waals surface area contributed by atoms with Crippen molar-refractivity contribution < 1.29 is 10.0 Å². The van der Waals surface area contributed by atoms with Gasteiger partial charge in [-0.3, -0.25) is 0 Å². The quantitative estimate of drug-likeness (QED) is 0.407. The van der Waals surface area contributed by atoms with E-state index in [0.29, 0.717) is 5.69 Å². The first kappa shape index (κ1) is 7.97. The van der Waals surface area contributed by atoms with Crippen LogP contribution in [-0.4, -0.2) is 27.1 Å². The lowest BCUT2D eigenvalue weighted by Crippen LogP contribution is -2.33. The third-order valence-electron chi connectivity index (χ3n) is 1.31. The van der Waals surface area contributed by atoms with Gasteiger partial charge in [0.25, 0.3) is 0 Å². The van der Waals surface area contributed by atoms with Crippen LogP contribution < -0.4 is 11.2 Å². The van der Waals surface area contributed by atoms with E-state index in [0.717, 1.165) is 0 Å². The molecule has 1 heterocycles. The molecule has 0 fully saturated rings. The molecule has 11 heavy (non-hydrogen) atoms. The van der Waals surface area contributed by atoms with Crippen molar-refractivity contribution in [2.24, 2.45) is 0 Å². The summed E-state index contributed by atoms with van der Waals surface area (Å²) in [5.41, 5.74) is 6.00. The monoisotopic (exact) mass is 153 g/mol. The molecular weight excluding hydrogens is 145 g/mol. The number of nitrogen functional groups attached to an aromatic ring is 1. The molecule has 0 saturated carbocycles. The Labute approximate surface area is 64.1 Å². The number of nitrogens with zero attached hydrogens (tertiary/aromatic N) is 2. The first-order chi connectivity index (χ1) is 5.11. The Morgan fingerprint density at radius 2 is 2.18 bits per heavy atom. The minimum atomic E-state index is -1.53. The Hall–Kier alpha value is -1.14. The lowest BCUT2D eigenvalue weighted by atomic mass is 9.80. The molecule has 58 valence electrons. The maximum atomic E-state index is 8.73.